The number of rotatable bonds is 5. The zero-order valence-corrected chi connectivity index (χ0v) is 21.1. The van der Waals surface area contributed by atoms with Gasteiger partial charge in [-0.2, -0.15) is 0 Å². The van der Waals surface area contributed by atoms with Crippen LogP contribution in [0.5, 0.6) is 0 Å². The Balaban J connectivity index is 1.24. The monoisotopic (exact) mass is 504 g/mol. The first-order chi connectivity index (χ1) is 18.6. The van der Waals surface area contributed by atoms with Crippen LogP contribution < -0.4 is 0 Å². The Morgan fingerprint density at radius 2 is 1.34 bits per heavy atom. The minimum Gasteiger partial charge on any atom is -0.461 e. The summed E-state index contributed by atoms with van der Waals surface area (Å²) in [6.07, 6.45) is 0.793. The first-order valence-corrected chi connectivity index (χ1v) is 13.3. The van der Waals surface area contributed by atoms with Gasteiger partial charge in [0, 0.05) is 17.4 Å². The largest absolute Gasteiger partial charge is 0.461 e. The summed E-state index contributed by atoms with van der Waals surface area (Å²) in [5.74, 6) is 1.80. The molecule has 2 saturated carbocycles. The molecule has 3 aliphatic rings. The molecule has 5 heteroatoms. The Morgan fingerprint density at radius 3 is 1.95 bits per heavy atom. The Labute approximate surface area is 221 Å². The lowest BCUT2D eigenvalue weighted by Crippen LogP contribution is -2.45. The molecule has 6 unspecified atom stereocenters. The summed E-state index contributed by atoms with van der Waals surface area (Å²) in [7, 11) is 0. The second-order valence-electron chi connectivity index (χ2n) is 10.7. The lowest BCUT2D eigenvalue weighted by molar-refractivity contribution is -0.0698. The van der Waals surface area contributed by atoms with Crippen molar-refractivity contribution in [1.29, 1.82) is 0 Å². The molecule has 3 aromatic carbocycles. The Bertz CT molecular complexity index is 1500. The highest BCUT2D eigenvalue weighted by atomic mass is 16.6. The topological polar surface area (TPSA) is 65.7 Å². The van der Waals surface area contributed by atoms with Crippen molar-refractivity contribution in [2.45, 2.75) is 37.9 Å². The van der Waals surface area contributed by atoms with Crippen LogP contribution in [0.15, 0.2) is 95.4 Å². The van der Waals surface area contributed by atoms with Gasteiger partial charge in [0.25, 0.3) is 0 Å². The molecule has 190 valence electrons. The van der Waals surface area contributed by atoms with Crippen molar-refractivity contribution in [3.05, 3.63) is 119 Å². The van der Waals surface area contributed by atoms with E-state index >= 15 is 0 Å². The molecule has 0 saturated heterocycles. The zero-order chi connectivity index (χ0) is 25.8. The highest BCUT2D eigenvalue weighted by Gasteiger charge is 2.63. The molecule has 7 rings (SSSR count). The minimum absolute atomic E-state index is 0.0843. The van der Waals surface area contributed by atoms with Gasteiger partial charge >= 0.3 is 11.9 Å². The molecule has 2 bridgehead atoms. The van der Waals surface area contributed by atoms with Crippen LogP contribution in [0, 0.1) is 24.7 Å². The van der Waals surface area contributed by atoms with E-state index in [1.165, 1.54) is 11.1 Å². The van der Waals surface area contributed by atoms with Gasteiger partial charge in [-0.1, -0.05) is 54.6 Å². The van der Waals surface area contributed by atoms with E-state index in [2.05, 4.69) is 18.2 Å². The van der Waals surface area contributed by atoms with Crippen LogP contribution in [0.3, 0.4) is 0 Å². The molecule has 5 nitrogen and oxygen atoms in total. The predicted octanol–water partition coefficient (Wildman–Crippen LogP) is 6.61. The molecule has 1 heterocycles. The van der Waals surface area contributed by atoms with Crippen molar-refractivity contribution in [1.82, 2.24) is 0 Å². The third-order valence-corrected chi connectivity index (χ3v) is 8.71. The van der Waals surface area contributed by atoms with Crippen LogP contribution in [-0.4, -0.2) is 24.1 Å². The fourth-order valence-corrected chi connectivity index (χ4v) is 7.19. The van der Waals surface area contributed by atoms with Gasteiger partial charge in [-0.05, 0) is 79.1 Å². The number of hydrogen-bond acceptors (Lipinski definition) is 5. The van der Waals surface area contributed by atoms with E-state index in [0.717, 1.165) is 29.9 Å². The van der Waals surface area contributed by atoms with E-state index in [4.69, 9.17) is 13.9 Å². The van der Waals surface area contributed by atoms with Crippen LogP contribution >= 0.6 is 0 Å². The third-order valence-electron chi connectivity index (χ3n) is 8.71. The third kappa shape index (κ3) is 3.68. The normalized spacial score (nSPS) is 26.6. The fourth-order valence-electron chi connectivity index (χ4n) is 7.19. The highest BCUT2D eigenvalue weighted by molar-refractivity contribution is 5.90. The van der Waals surface area contributed by atoms with Crippen LogP contribution in [-0.2, 0) is 15.9 Å². The average molecular weight is 505 g/mol. The van der Waals surface area contributed by atoms with E-state index in [9.17, 15) is 9.59 Å². The van der Waals surface area contributed by atoms with Crippen molar-refractivity contribution < 1.29 is 23.5 Å². The lowest BCUT2D eigenvalue weighted by Gasteiger charge is -2.37. The number of hydrogen-bond donors (Lipinski definition) is 0. The molecule has 0 N–H and O–H groups in total. The van der Waals surface area contributed by atoms with Gasteiger partial charge in [-0.25, -0.2) is 9.59 Å². The molecule has 0 radical (unpaired) electrons. The Morgan fingerprint density at radius 1 is 0.711 bits per heavy atom. The SMILES string of the molecule is Cc1ccc(-c2cccc3c2CC2C4CC(C(OC(=O)c5ccccc5)C4OC(=O)c4ccccc4)C32)o1. The van der Waals surface area contributed by atoms with Crippen LogP contribution in [0.1, 0.15) is 49.9 Å². The maximum absolute atomic E-state index is 13.2. The first-order valence-electron chi connectivity index (χ1n) is 13.3. The first kappa shape index (κ1) is 23.0. The molecular weight excluding hydrogens is 476 g/mol. The van der Waals surface area contributed by atoms with Gasteiger partial charge in [0.1, 0.15) is 23.7 Å². The fraction of sp³-hybridized carbons (Fsp3) is 0.273. The molecule has 38 heavy (non-hydrogen) atoms. The number of fused-ring (bicyclic) bond motifs is 7. The van der Waals surface area contributed by atoms with E-state index in [-0.39, 0.29) is 29.7 Å². The van der Waals surface area contributed by atoms with E-state index in [1.807, 2.05) is 55.5 Å². The average Bonchev–Trinajstić information content (AvgIpc) is 3.71. The number of ether oxygens (including phenoxy) is 2. The van der Waals surface area contributed by atoms with Crippen LogP contribution in [0.4, 0.5) is 0 Å². The van der Waals surface area contributed by atoms with Crippen LogP contribution in [0.2, 0.25) is 0 Å². The number of carbonyl (C=O) groups excluding carboxylic acids is 2. The second kappa shape index (κ2) is 9.02. The minimum atomic E-state index is -0.498. The lowest BCUT2D eigenvalue weighted by atomic mass is 9.76. The summed E-state index contributed by atoms with van der Waals surface area (Å²) in [5, 5.41) is 0. The molecule has 0 amide bonds. The van der Waals surface area contributed by atoms with Gasteiger partial charge in [0.2, 0.25) is 0 Å². The Kier molecular flexibility index (Phi) is 5.46. The van der Waals surface area contributed by atoms with Crippen molar-refractivity contribution in [2.24, 2.45) is 17.8 Å². The summed E-state index contributed by atoms with van der Waals surface area (Å²) >= 11 is 0. The van der Waals surface area contributed by atoms with Crippen molar-refractivity contribution >= 4 is 11.9 Å². The molecule has 3 aliphatic carbocycles. The summed E-state index contributed by atoms with van der Waals surface area (Å²) in [6, 6.07) is 28.5. The molecule has 6 atom stereocenters. The van der Waals surface area contributed by atoms with Gasteiger partial charge < -0.3 is 13.9 Å². The molecule has 0 spiro atoms. The summed E-state index contributed by atoms with van der Waals surface area (Å²) in [5.41, 5.74) is 4.74. The van der Waals surface area contributed by atoms with Gasteiger partial charge in [-0.3, -0.25) is 0 Å². The maximum Gasteiger partial charge on any atom is 0.338 e. The van der Waals surface area contributed by atoms with Crippen molar-refractivity contribution in [3.63, 3.8) is 0 Å². The highest BCUT2D eigenvalue weighted by Crippen LogP contribution is 2.63. The standard InChI is InChI=1S/C33H28O5/c1-19-15-16-28(36-19)22-13-8-14-23-24(22)17-25-26-18-27(29(23)25)31(38-33(35)21-11-6-3-7-12-21)30(26)37-32(34)20-9-4-2-5-10-20/h2-16,25-27,29-31H,17-18H2,1H3. The van der Waals surface area contributed by atoms with Crippen molar-refractivity contribution in [3.8, 4) is 11.3 Å². The van der Waals surface area contributed by atoms with Crippen LogP contribution in [0.25, 0.3) is 11.3 Å². The summed E-state index contributed by atoms with van der Waals surface area (Å²) in [4.78, 5) is 26.3. The molecular formula is C33H28O5. The quantitative estimate of drug-likeness (QED) is 0.286. The molecule has 1 aromatic heterocycles. The summed E-state index contributed by atoms with van der Waals surface area (Å²) in [6.45, 7) is 1.96. The predicted molar refractivity (Wildman–Crippen MR) is 142 cm³/mol. The number of esters is 2. The number of benzene rings is 3. The van der Waals surface area contributed by atoms with Crippen molar-refractivity contribution in [2.75, 3.05) is 0 Å². The van der Waals surface area contributed by atoms with E-state index in [1.54, 1.807) is 24.3 Å². The number of carbonyl (C=O) groups is 2. The zero-order valence-electron chi connectivity index (χ0n) is 21.1. The number of furan rings is 1. The van der Waals surface area contributed by atoms with Gasteiger partial charge in [0.05, 0.1) is 11.1 Å². The molecule has 2 fully saturated rings. The second-order valence-corrected chi connectivity index (χ2v) is 10.7. The smallest absolute Gasteiger partial charge is 0.338 e. The van der Waals surface area contributed by atoms with Gasteiger partial charge in [0.15, 0.2) is 0 Å². The Hall–Kier alpha value is -4.12. The number of aryl methyl sites for hydroxylation is 1. The maximum atomic E-state index is 13.2. The van der Waals surface area contributed by atoms with E-state index in [0.29, 0.717) is 17.0 Å². The molecule has 4 aromatic rings. The summed E-state index contributed by atoms with van der Waals surface area (Å²) < 4.78 is 18.4. The van der Waals surface area contributed by atoms with Gasteiger partial charge in [-0.15, -0.1) is 0 Å². The molecule has 0 aliphatic heterocycles. The van der Waals surface area contributed by atoms with E-state index < -0.39 is 12.2 Å².